The summed E-state index contributed by atoms with van der Waals surface area (Å²) in [5.41, 5.74) is 1.42. The number of nitrogens with zero attached hydrogens (tertiary/aromatic N) is 2. The fourth-order valence-electron chi connectivity index (χ4n) is 3.45. The van der Waals surface area contributed by atoms with Gasteiger partial charge in [0.2, 0.25) is 0 Å². The van der Waals surface area contributed by atoms with Crippen LogP contribution < -0.4 is 0 Å². The maximum Gasteiger partial charge on any atom is 0.0446 e. The molecule has 0 amide bonds. The van der Waals surface area contributed by atoms with E-state index in [1.54, 1.807) is 0 Å². The Labute approximate surface area is 148 Å². The van der Waals surface area contributed by atoms with Crippen molar-refractivity contribution in [1.29, 1.82) is 0 Å². The van der Waals surface area contributed by atoms with Crippen LogP contribution in [0.15, 0.2) is 42.5 Å². The third-order valence-electron chi connectivity index (χ3n) is 4.79. The quantitative estimate of drug-likeness (QED) is 0.704. The minimum absolute atomic E-state index is 0.287. The molecule has 2 rings (SSSR count). The van der Waals surface area contributed by atoms with Gasteiger partial charge in [0.25, 0.3) is 0 Å². The maximum atomic E-state index is 9.42. The molecule has 0 saturated carbocycles. The first-order chi connectivity index (χ1) is 11.7. The van der Waals surface area contributed by atoms with Gasteiger partial charge in [0.15, 0.2) is 0 Å². The molecule has 0 radical (unpaired) electrons. The Hall–Kier alpha value is -1.16. The van der Waals surface area contributed by atoms with Crippen LogP contribution in [0.2, 0.25) is 0 Å². The first-order valence-electron chi connectivity index (χ1n) is 9.47. The van der Waals surface area contributed by atoms with E-state index in [2.05, 4.69) is 66.1 Å². The molecule has 134 valence electrons. The normalized spacial score (nSPS) is 20.2. The lowest BCUT2D eigenvalue weighted by atomic mass is 10.1. The SMILES string of the molecule is CC(C)C=CCN1CCN(CCCc2ccccc2)C(CCO)C1. The van der Waals surface area contributed by atoms with Crippen LogP contribution in [0.4, 0.5) is 0 Å². The predicted molar refractivity (Wildman–Crippen MR) is 102 cm³/mol. The monoisotopic (exact) mass is 330 g/mol. The Balaban J connectivity index is 1.77. The van der Waals surface area contributed by atoms with Crippen molar-refractivity contribution < 1.29 is 5.11 Å². The van der Waals surface area contributed by atoms with Crippen molar-refractivity contribution in [2.24, 2.45) is 5.92 Å². The van der Waals surface area contributed by atoms with E-state index in [1.165, 1.54) is 12.0 Å². The Kier molecular flexibility index (Phi) is 8.51. The summed E-state index contributed by atoms with van der Waals surface area (Å²) in [5, 5.41) is 9.42. The molecule has 1 aromatic rings. The van der Waals surface area contributed by atoms with Crippen LogP contribution >= 0.6 is 0 Å². The predicted octanol–water partition coefficient (Wildman–Crippen LogP) is 3.20. The van der Waals surface area contributed by atoms with Crippen LogP contribution in [-0.2, 0) is 6.42 Å². The van der Waals surface area contributed by atoms with Crippen LogP contribution in [-0.4, -0.2) is 60.3 Å². The Bertz CT molecular complexity index is 472. The van der Waals surface area contributed by atoms with Gasteiger partial charge in [-0.25, -0.2) is 0 Å². The van der Waals surface area contributed by atoms with E-state index < -0.39 is 0 Å². The minimum Gasteiger partial charge on any atom is -0.396 e. The molecule has 1 atom stereocenters. The van der Waals surface area contributed by atoms with E-state index in [4.69, 9.17) is 0 Å². The van der Waals surface area contributed by atoms with Crippen LogP contribution in [0.1, 0.15) is 32.3 Å². The van der Waals surface area contributed by atoms with Crippen LogP contribution in [0.5, 0.6) is 0 Å². The second kappa shape index (κ2) is 10.7. The van der Waals surface area contributed by atoms with Crippen molar-refractivity contribution in [3.63, 3.8) is 0 Å². The highest BCUT2D eigenvalue weighted by Gasteiger charge is 2.25. The molecule has 0 spiro atoms. The van der Waals surface area contributed by atoms with E-state index in [0.29, 0.717) is 12.0 Å². The summed E-state index contributed by atoms with van der Waals surface area (Å²) in [6, 6.07) is 11.2. The third-order valence-corrected chi connectivity index (χ3v) is 4.79. The minimum atomic E-state index is 0.287. The number of aliphatic hydroxyl groups is 1. The van der Waals surface area contributed by atoms with E-state index in [9.17, 15) is 5.11 Å². The topological polar surface area (TPSA) is 26.7 Å². The van der Waals surface area contributed by atoms with Gasteiger partial charge in [0.1, 0.15) is 0 Å². The van der Waals surface area contributed by atoms with Gasteiger partial charge in [0, 0.05) is 38.8 Å². The Morgan fingerprint density at radius 2 is 2.00 bits per heavy atom. The molecule has 0 bridgehead atoms. The van der Waals surface area contributed by atoms with Gasteiger partial charge < -0.3 is 5.11 Å². The van der Waals surface area contributed by atoms with Crippen molar-refractivity contribution in [2.75, 3.05) is 39.3 Å². The standard InChI is InChI=1S/C21H34N2O/c1-19(2)8-6-13-22-15-16-23(21(18-22)12-17-24)14-7-11-20-9-4-3-5-10-20/h3-6,8-10,19,21,24H,7,11-18H2,1-2H3. The number of piperazine rings is 1. The summed E-state index contributed by atoms with van der Waals surface area (Å²) >= 11 is 0. The highest BCUT2D eigenvalue weighted by Crippen LogP contribution is 2.14. The number of aliphatic hydroxyl groups excluding tert-OH is 1. The van der Waals surface area contributed by atoms with Gasteiger partial charge in [-0.05, 0) is 37.3 Å². The molecule has 3 nitrogen and oxygen atoms in total. The Morgan fingerprint density at radius 3 is 2.71 bits per heavy atom. The van der Waals surface area contributed by atoms with E-state index >= 15 is 0 Å². The zero-order valence-corrected chi connectivity index (χ0v) is 15.4. The summed E-state index contributed by atoms with van der Waals surface area (Å²) in [5.74, 6) is 0.623. The van der Waals surface area contributed by atoms with Crippen molar-refractivity contribution in [3.05, 3.63) is 48.0 Å². The van der Waals surface area contributed by atoms with Gasteiger partial charge in [-0.3, -0.25) is 9.80 Å². The number of benzene rings is 1. The van der Waals surface area contributed by atoms with Crippen molar-refractivity contribution >= 4 is 0 Å². The largest absolute Gasteiger partial charge is 0.396 e. The average Bonchev–Trinajstić information content (AvgIpc) is 2.57. The Morgan fingerprint density at radius 1 is 1.21 bits per heavy atom. The van der Waals surface area contributed by atoms with Gasteiger partial charge in [-0.15, -0.1) is 0 Å². The number of allylic oxidation sites excluding steroid dienone is 1. The molecular weight excluding hydrogens is 296 g/mol. The maximum absolute atomic E-state index is 9.42. The lowest BCUT2D eigenvalue weighted by Crippen LogP contribution is -2.53. The number of hydrogen-bond donors (Lipinski definition) is 1. The van der Waals surface area contributed by atoms with Crippen LogP contribution in [0.3, 0.4) is 0 Å². The lowest BCUT2D eigenvalue weighted by Gasteiger charge is -2.41. The van der Waals surface area contributed by atoms with Crippen LogP contribution in [0, 0.1) is 5.92 Å². The molecule has 1 aliphatic heterocycles. The zero-order valence-electron chi connectivity index (χ0n) is 15.4. The number of hydrogen-bond acceptors (Lipinski definition) is 3. The number of aryl methyl sites for hydroxylation is 1. The second-order valence-corrected chi connectivity index (χ2v) is 7.22. The zero-order chi connectivity index (χ0) is 17.2. The third kappa shape index (κ3) is 6.76. The fraction of sp³-hybridized carbons (Fsp3) is 0.619. The highest BCUT2D eigenvalue weighted by molar-refractivity contribution is 5.14. The summed E-state index contributed by atoms with van der Waals surface area (Å²) in [6.45, 7) is 10.2. The summed E-state index contributed by atoms with van der Waals surface area (Å²) < 4.78 is 0. The molecule has 1 saturated heterocycles. The molecule has 1 aromatic carbocycles. The molecule has 3 heteroatoms. The molecule has 0 aromatic heterocycles. The molecule has 1 N–H and O–H groups in total. The molecular formula is C21H34N2O. The van der Waals surface area contributed by atoms with E-state index in [-0.39, 0.29) is 6.61 Å². The molecule has 1 fully saturated rings. The first-order valence-corrected chi connectivity index (χ1v) is 9.47. The number of rotatable bonds is 9. The van der Waals surface area contributed by atoms with E-state index in [1.807, 2.05) is 0 Å². The van der Waals surface area contributed by atoms with Gasteiger partial charge in [-0.1, -0.05) is 56.3 Å². The highest BCUT2D eigenvalue weighted by atomic mass is 16.3. The molecule has 1 aliphatic rings. The van der Waals surface area contributed by atoms with Gasteiger partial charge >= 0.3 is 0 Å². The van der Waals surface area contributed by atoms with Gasteiger partial charge in [-0.2, -0.15) is 0 Å². The van der Waals surface area contributed by atoms with E-state index in [0.717, 1.165) is 45.6 Å². The van der Waals surface area contributed by atoms with Crippen LogP contribution in [0.25, 0.3) is 0 Å². The van der Waals surface area contributed by atoms with Crippen molar-refractivity contribution in [3.8, 4) is 0 Å². The molecule has 1 heterocycles. The van der Waals surface area contributed by atoms with Crippen molar-refractivity contribution in [1.82, 2.24) is 9.80 Å². The van der Waals surface area contributed by atoms with Gasteiger partial charge in [0.05, 0.1) is 0 Å². The molecule has 24 heavy (non-hydrogen) atoms. The summed E-state index contributed by atoms with van der Waals surface area (Å²) in [6.07, 6.45) is 7.80. The fourth-order valence-corrected chi connectivity index (χ4v) is 3.45. The smallest absolute Gasteiger partial charge is 0.0446 e. The molecule has 0 aliphatic carbocycles. The average molecular weight is 331 g/mol. The molecule has 1 unspecified atom stereocenters. The summed E-state index contributed by atoms with van der Waals surface area (Å²) in [4.78, 5) is 5.11. The lowest BCUT2D eigenvalue weighted by molar-refractivity contribution is 0.0644. The van der Waals surface area contributed by atoms with Crippen molar-refractivity contribution in [2.45, 2.75) is 39.2 Å². The second-order valence-electron chi connectivity index (χ2n) is 7.22. The first kappa shape index (κ1) is 19.2. The summed E-state index contributed by atoms with van der Waals surface area (Å²) in [7, 11) is 0.